The molecule has 0 aliphatic carbocycles. The molecule has 0 saturated heterocycles. The van der Waals surface area contributed by atoms with Crippen LogP contribution in [0, 0.1) is 6.92 Å². The van der Waals surface area contributed by atoms with Gasteiger partial charge in [-0.3, -0.25) is 4.79 Å². The molecule has 2 aromatic rings. The molecule has 0 bridgehead atoms. The second-order valence-electron chi connectivity index (χ2n) is 4.08. The smallest absolute Gasteiger partial charge is 0.255 e. The molecule has 5 heteroatoms. The molecule has 0 atom stereocenters. The molecule has 0 unspecified atom stereocenters. The molecule has 2 nitrogen and oxygen atoms in total. The van der Waals surface area contributed by atoms with Crippen LogP contribution < -0.4 is 5.32 Å². The number of carbonyl (C=O) groups is 1. The van der Waals surface area contributed by atoms with Gasteiger partial charge in [0.15, 0.2) is 0 Å². The van der Waals surface area contributed by atoms with Crippen LogP contribution in [0.15, 0.2) is 40.9 Å². The average Bonchev–Trinajstić information content (AvgIpc) is 2.31. The van der Waals surface area contributed by atoms with Gasteiger partial charge in [0, 0.05) is 25.8 Å². The number of halogens is 3. The summed E-state index contributed by atoms with van der Waals surface area (Å²) in [5.41, 5.74) is 2.20. The Morgan fingerprint density at radius 1 is 1.11 bits per heavy atom. The molecule has 0 heterocycles. The summed E-state index contributed by atoms with van der Waals surface area (Å²) in [4.78, 5) is 12.1. The monoisotopic (exact) mass is 357 g/mol. The maximum atomic E-state index is 12.1. The van der Waals surface area contributed by atoms with E-state index in [0.717, 1.165) is 10.0 Å². The topological polar surface area (TPSA) is 29.1 Å². The van der Waals surface area contributed by atoms with E-state index in [-0.39, 0.29) is 5.91 Å². The SMILES string of the molecule is Cc1ccc(C(=O)Nc2cc(Cl)cc(Cl)c2)cc1Br. The van der Waals surface area contributed by atoms with Crippen LogP contribution >= 0.6 is 39.1 Å². The van der Waals surface area contributed by atoms with Gasteiger partial charge in [0.05, 0.1) is 0 Å². The third-order valence-electron chi connectivity index (χ3n) is 2.55. The third-order valence-corrected chi connectivity index (χ3v) is 3.85. The Morgan fingerprint density at radius 2 is 1.74 bits per heavy atom. The first-order valence-electron chi connectivity index (χ1n) is 5.49. The Morgan fingerprint density at radius 3 is 2.32 bits per heavy atom. The van der Waals surface area contributed by atoms with Crippen molar-refractivity contribution in [1.82, 2.24) is 0 Å². The van der Waals surface area contributed by atoms with Crippen molar-refractivity contribution in [2.24, 2.45) is 0 Å². The van der Waals surface area contributed by atoms with Crippen LogP contribution in [0.5, 0.6) is 0 Å². The first-order chi connectivity index (χ1) is 8.95. The quantitative estimate of drug-likeness (QED) is 0.773. The zero-order valence-electron chi connectivity index (χ0n) is 10.0. The van der Waals surface area contributed by atoms with Gasteiger partial charge in [0.25, 0.3) is 5.91 Å². The Bertz CT molecular complexity index is 623. The lowest BCUT2D eigenvalue weighted by molar-refractivity contribution is 0.102. The van der Waals surface area contributed by atoms with Gasteiger partial charge in [0.2, 0.25) is 0 Å². The minimum Gasteiger partial charge on any atom is -0.322 e. The Hall–Kier alpha value is -1.03. The fourth-order valence-electron chi connectivity index (χ4n) is 1.56. The first kappa shape index (κ1) is 14.4. The molecule has 0 aliphatic heterocycles. The summed E-state index contributed by atoms with van der Waals surface area (Å²) >= 11 is 15.2. The van der Waals surface area contributed by atoms with Gasteiger partial charge in [-0.25, -0.2) is 0 Å². The molecule has 1 N–H and O–H groups in total. The van der Waals surface area contributed by atoms with Gasteiger partial charge in [-0.2, -0.15) is 0 Å². The molecule has 0 spiro atoms. The van der Waals surface area contributed by atoms with Gasteiger partial charge >= 0.3 is 0 Å². The Labute approximate surface area is 129 Å². The van der Waals surface area contributed by atoms with E-state index in [0.29, 0.717) is 21.3 Å². The number of hydrogen-bond acceptors (Lipinski definition) is 1. The van der Waals surface area contributed by atoms with E-state index in [1.54, 1.807) is 30.3 Å². The minimum absolute atomic E-state index is 0.209. The van der Waals surface area contributed by atoms with Crippen molar-refractivity contribution in [3.05, 3.63) is 62.0 Å². The molecule has 1 amide bonds. The average molecular weight is 359 g/mol. The van der Waals surface area contributed by atoms with Crippen molar-refractivity contribution in [3.63, 3.8) is 0 Å². The molecule has 2 rings (SSSR count). The van der Waals surface area contributed by atoms with Crippen LogP contribution in [0.2, 0.25) is 10.0 Å². The fourth-order valence-corrected chi connectivity index (χ4v) is 2.47. The van der Waals surface area contributed by atoms with Gasteiger partial charge in [-0.05, 0) is 42.8 Å². The lowest BCUT2D eigenvalue weighted by atomic mass is 10.1. The molecule has 0 aromatic heterocycles. The van der Waals surface area contributed by atoms with E-state index in [1.807, 2.05) is 13.0 Å². The van der Waals surface area contributed by atoms with Crippen LogP contribution in [0.25, 0.3) is 0 Å². The third kappa shape index (κ3) is 3.72. The predicted molar refractivity (Wildman–Crippen MR) is 83.3 cm³/mol. The number of benzene rings is 2. The van der Waals surface area contributed by atoms with Gasteiger partial charge < -0.3 is 5.32 Å². The number of amides is 1. The number of aryl methyl sites for hydroxylation is 1. The van der Waals surface area contributed by atoms with Gasteiger partial charge in [0.1, 0.15) is 0 Å². The molecule has 0 radical (unpaired) electrons. The molecular weight excluding hydrogens is 349 g/mol. The standard InChI is InChI=1S/C14H10BrCl2NO/c1-8-2-3-9(4-13(8)15)14(19)18-12-6-10(16)5-11(17)7-12/h2-7H,1H3,(H,18,19). The number of anilines is 1. The maximum absolute atomic E-state index is 12.1. The highest BCUT2D eigenvalue weighted by atomic mass is 79.9. The summed E-state index contributed by atoms with van der Waals surface area (Å²) in [5.74, 6) is -0.209. The fraction of sp³-hybridized carbons (Fsp3) is 0.0714. The first-order valence-corrected chi connectivity index (χ1v) is 7.04. The zero-order chi connectivity index (χ0) is 14.0. The van der Waals surface area contributed by atoms with Crippen LogP contribution in [-0.4, -0.2) is 5.91 Å². The predicted octanol–water partition coefficient (Wildman–Crippen LogP) is 5.32. The van der Waals surface area contributed by atoms with Crippen molar-refractivity contribution in [2.45, 2.75) is 6.92 Å². The van der Waals surface area contributed by atoms with E-state index in [4.69, 9.17) is 23.2 Å². The molecule has 98 valence electrons. The van der Waals surface area contributed by atoms with Crippen LogP contribution in [0.3, 0.4) is 0 Å². The summed E-state index contributed by atoms with van der Waals surface area (Å²) < 4.78 is 0.893. The van der Waals surface area contributed by atoms with E-state index < -0.39 is 0 Å². The van der Waals surface area contributed by atoms with Crippen LogP contribution in [-0.2, 0) is 0 Å². The van der Waals surface area contributed by atoms with Crippen LogP contribution in [0.4, 0.5) is 5.69 Å². The Kier molecular flexibility index (Phi) is 4.50. The van der Waals surface area contributed by atoms with E-state index in [2.05, 4.69) is 21.2 Å². The summed E-state index contributed by atoms with van der Waals surface area (Å²) in [6.45, 7) is 1.96. The summed E-state index contributed by atoms with van der Waals surface area (Å²) in [7, 11) is 0. The second-order valence-corrected chi connectivity index (χ2v) is 5.80. The highest BCUT2D eigenvalue weighted by Crippen LogP contribution is 2.23. The largest absolute Gasteiger partial charge is 0.322 e. The number of nitrogens with one attached hydrogen (secondary N) is 1. The highest BCUT2D eigenvalue weighted by Gasteiger charge is 2.08. The molecule has 2 aromatic carbocycles. The number of rotatable bonds is 2. The maximum Gasteiger partial charge on any atom is 0.255 e. The lowest BCUT2D eigenvalue weighted by Crippen LogP contribution is -2.11. The zero-order valence-corrected chi connectivity index (χ0v) is 13.1. The normalized spacial score (nSPS) is 10.3. The van der Waals surface area contributed by atoms with E-state index in [1.165, 1.54) is 0 Å². The van der Waals surface area contributed by atoms with Gasteiger partial charge in [-0.15, -0.1) is 0 Å². The van der Waals surface area contributed by atoms with Crippen molar-refractivity contribution in [3.8, 4) is 0 Å². The molecular formula is C14H10BrCl2NO. The number of hydrogen-bond donors (Lipinski definition) is 1. The van der Waals surface area contributed by atoms with Crippen LogP contribution in [0.1, 0.15) is 15.9 Å². The van der Waals surface area contributed by atoms with Crippen molar-refractivity contribution < 1.29 is 4.79 Å². The van der Waals surface area contributed by atoms with Gasteiger partial charge in [-0.1, -0.05) is 45.2 Å². The number of carbonyl (C=O) groups excluding carboxylic acids is 1. The van der Waals surface area contributed by atoms with E-state index >= 15 is 0 Å². The molecule has 0 aliphatic rings. The van der Waals surface area contributed by atoms with Crippen molar-refractivity contribution >= 4 is 50.7 Å². The summed E-state index contributed by atoms with van der Waals surface area (Å²) in [6, 6.07) is 10.3. The molecule has 0 fully saturated rings. The summed E-state index contributed by atoms with van der Waals surface area (Å²) in [5, 5.41) is 3.72. The summed E-state index contributed by atoms with van der Waals surface area (Å²) in [6.07, 6.45) is 0. The van der Waals surface area contributed by atoms with Crippen molar-refractivity contribution in [2.75, 3.05) is 5.32 Å². The highest BCUT2D eigenvalue weighted by molar-refractivity contribution is 9.10. The minimum atomic E-state index is -0.209. The molecule has 19 heavy (non-hydrogen) atoms. The van der Waals surface area contributed by atoms with Crippen molar-refractivity contribution in [1.29, 1.82) is 0 Å². The second kappa shape index (κ2) is 5.95. The van der Waals surface area contributed by atoms with E-state index in [9.17, 15) is 4.79 Å². The molecule has 0 saturated carbocycles. The Balaban J connectivity index is 2.22. The lowest BCUT2D eigenvalue weighted by Gasteiger charge is -2.07.